The number of aromatic nitrogens is 3. The highest BCUT2D eigenvalue weighted by Gasteiger charge is 2.38. The van der Waals surface area contributed by atoms with Crippen molar-refractivity contribution >= 4 is 28.1 Å². The van der Waals surface area contributed by atoms with Gasteiger partial charge in [0.1, 0.15) is 5.69 Å². The van der Waals surface area contributed by atoms with E-state index in [1.54, 1.807) is 42.5 Å². The van der Waals surface area contributed by atoms with Crippen molar-refractivity contribution in [3.8, 4) is 17.2 Å². The number of rotatable bonds is 2. The van der Waals surface area contributed by atoms with Gasteiger partial charge in [-0.2, -0.15) is 18.4 Å². The minimum Gasteiger partial charge on any atom is -0.356 e. The number of ketones is 1. The van der Waals surface area contributed by atoms with Crippen molar-refractivity contribution in [2.45, 2.75) is 6.18 Å². The van der Waals surface area contributed by atoms with Crippen molar-refractivity contribution < 1.29 is 18.0 Å². The van der Waals surface area contributed by atoms with E-state index in [-0.39, 0.29) is 16.8 Å². The van der Waals surface area contributed by atoms with Crippen LogP contribution in [0.5, 0.6) is 0 Å². The average Bonchev–Trinajstić information content (AvgIpc) is 3.06. The first-order chi connectivity index (χ1) is 14.8. The number of nitrogens with zero attached hydrogens (tertiary/aromatic N) is 4. The number of nitriles is 1. The van der Waals surface area contributed by atoms with Crippen molar-refractivity contribution in [1.82, 2.24) is 15.0 Å². The van der Waals surface area contributed by atoms with Crippen molar-refractivity contribution in [2.24, 2.45) is 0 Å². The molecule has 1 aliphatic carbocycles. The summed E-state index contributed by atoms with van der Waals surface area (Å²) in [4.78, 5) is 23.9. The first-order valence-electron chi connectivity index (χ1n) is 9.04. The summed E-state index contributed by atoms with van der Waals surface area (Å²) in [7, 11) is 0. The molecule has 0 amide bonds. The number of pyridine rings is 1. The highest BCUT2D eigenvalue weighted by Crippen LogP contribution is 2.41. The van der Waals surface area contributed by atoms with Crippen LogP contribution in [0.3, 0.4) is 0 Å². The van der Waals surface area contributed by atoms with E-state index in [1.165, 1.54) is 6.20 Å². The molecule has 0 atom stereocenters. The lowest BCUT2D eigenvalue weighted by Crippen LogP contribution is -2.13. The van der Waals surface area contributed by atoms with E-state index >= 15 is 0 Å². The second kappa shape index (κ2) is 6.60. The molecule has 5 rings (SSSR count). The lowest BCUT2D eigenvalue weighted by molar-refractivity contribution is -0.145. The topological polar surface area (TPSA) is 91.6 Å². The molecule has 0 saturated heterocycles. The molecule has 0 bridgehead atoms. The van der Waals surface area contributed by atoms with Gasteiger partial charge in [0.05, 0.1) is 22.7 Å². The average molecular weight is 417 g/mol. The summed E-state index contributed by atoms with van der Waals surface area (Å²) in [5, 5.41) is 12.7. The predicted molar refractivity (Wildman–Crippen MR) is 106 cm³/mol. The van der Waals surface area contributed by atoms with Gasteiger partial charge in [-0.05, 0) is 42.5 Å². The van der Waals surface area contributed by atoms with Crippen LogP contribution < -0.4 is 5.32 Å². The van der Waals surface area contributed by atoms with Crippen LogP contribution in [-0.4, -0.2) is 20.7 Å². The Morgan fingerprint density at radius 3 is 2.35 bits per heavy atom. The first kappa shape index (κ1) is 18.7. The van der Waals surface area contributed by atoms with Crippen LogP contribution in [0.1, 0.15) is 27.4 Å². The minimum atomic E-state index is -4.75. The summed E-state index contributed by atoms with van der Waals surface area (Å²) in [6.07, 6.45) is -2.36. The van der Waals surface area contributed by atoms with E-state index in [4.69, 9.17) is 5.26 Å². The normalized spacial score (nSPS) is 12.4. The number of benzene rings is 2. The zero-order chi connectivity index (χ0) is 21.8. The lowest BCUT2D eigenvalue weighted by atomic mass is 10.0. The molecule has 0 unspecified atom stereocenters. The molecule has 0 radical (unpaired) electrons. The first-order valence-corrected chi connectivity index (χ1v) is 9.04. The smallest absolute Gasteiger partial charge is 0.356 e. The fourth-order valence-electron chi connectivity index (χ4n) is 3.53. The van der Waals surface area contributed by atoms with Crippen LogP contribution >= 0.6 is 0 Å². The van der Waals surface area contributed by atoms with E-state index in [9.17, 15) is 18.0 Å². The summed E-state index contributed by atoms with van der Waals surface area (Å²) >= 11 is 0. The number of anilines is 2. The zero-order valence-electron chi connectivity index (χ0n) is 15.5. The number of fused-ring (bicyclic) bond motifs is 5. The molecule has 2 heterocycles. The van der Waals surface area contributed by atoms with Gasteiger partial charge in [0.25, 0.3) is 0 Å². The molecule has 0 spiro atoms. The van der Waals surface area contributed by atoms with Gasteiger partial charge in [-0.3, -0.25) is 9.78 Å². The molecule has 0 saturated carbocycles. The molecule has 1 N–H and O–H groups in total. The molecular weight excluding hydrogens is 407 g/mol. The zero-order valence-corrected chi connectivity index (χ0v) is 15.5. The summed E-state index contributed by atoms with van der Waals surface area (Å²) < 4.78 is 39.0. The van der Waals surface area contributed by atoms with Crippen LogP contribution in [0, 0.1) is 11.3 Å². The number of halogens is 3. The Hall–Kier alpha value is -4.32. The van der Waals surface area contributed by atoms with Gasteiger partial charge in [0, 0.05) is 40.3 Å². The number of carbonyl (C=O) groups excluding carboxylic acids is 1. The highest BCUT2D eigenvalue weighted by atomic mass is 19.4. The van der Waals surface area contributed by atoms with Crippen LogP contribution in [0.25, 0.3) is 22.0 Å². The fourth-order valence-corrected chi connectivity index (χ4v) is 3.53. The maximum Gasteiger partial charge on any atom is 0.451 e. The third-order valence-corrected chi connectivity index (χ3v) is 4.94. The molecule has 0 aliphatic heterocycles. The predicted octanol–water partition coefficient (Wildman–Crippen LogP) is 4.87. The van der Waals surface area contributed by atoms with Gasteiger partial charge in [0.2, 0.25) is 11.6 Å². The summed E-state index contributed by atoms with van der Waals surface area (Å²) in [5.74, 6) is -1.97. The third-order valence-electron chi connectivity index (χ3n) is 4.94. The Morgan fingerprint density at radius 1 is 0.935 bits per heavy atom. The van der Waals surface area contributed by atoms with Crippen LogP contribution in [0.15, 0.2) is 54.9 Å². The van der Waals surface area contributed by atoms with Gasteiger partial charge in [-0.15, -0.1) is 0 Å². The molecule has 2 aromatic heterocycles. The van der Waals surface area contributed by atoms with Gasteiger partial charge < -0.3 is 5.32 Å². The maximum absolute atomic E-state index is 13.0. The second-order valence-corrected chi connectivity index (χ2v) is 6.88. The van der Waals surface area contributed by atoms with Crippen LogP contribution in [0.2, 0.25) is 0 Å². The maximum atomic E-state index is 13.0. The van der Waals surface area contributed by atoms with Crippen LogP contribution in [0.4, 0.5) is 24.5 Å². The Kier molecular flexibility index (Phi) is 3.98. The lowest BCUT2D eigenvalue weighted by Gasteiger charge is -2.10. The molecule has 2 aromatic carbocycles. The van der Waals surface area contributed by atoms with Crippen molar-refractivity contribution in [3.63, 3.8) is 0 Å². The molecule has 31 heavy (non-hydrogen) atoms. The quantitative estimate of drug-likeness (QED) is 0.441. The van der Waals surface area contributed by atoms with Crippen molar-refractivity contribution in [3.05, 3.63) is 77.5 Å². The Labute approximate surface area is 173 Å². The third kappa shape index (κ3) is 3.05. The summed E-state index contributed by atoms with van der Waals surface area (Å²) in [6, 6.07) is 14.2. The van der Waals surface area contributed by atoms with E-state index in [0.717, 1.165) is 11.9 Å². The summed E-state index contributed by atoms with van der Waals surface area (Å²) in [6.45, 7) is 0. The SMILES string of the molecule is N#Cc1ccc(Nc2ccc3ncc4c(c3c2)-c2cnc(C(F)(F)F)nc2C4=O)cc1. The summed E-state index contributed by atoms with van der Waals surface area (Å²) in [5.41, 5.74) is 3.14. The van der Waals surface area contributed by atoms with E-state index in [0.29, 0.717) is 27.7 Å². The van der Waals surface area contributed by atoms with Gasteiger partial charge in [-0.25, -0.2) is 9.97 Å². The standard InChI is InChI=1S/C22H10F3N5O/c23-22(24,25)21-28-9-15-18-14-7-13(29-12-3-1-11(8-26)2-4-12)5-6-17(14)27-10-16(18)20(31)19(15)30-21/h1-7,9-10,29H. The van der Waals surface area contributed by atoms with E-state index in [1.807, 2.05) is 6.07 Å². The molecular formula is C22H10F3N5O. The molecule has 4 aromatic rings. The van der Waals surface area contributed by atoms with Crippen LogP contribution in [-0.2, 0) is 6.18 Å². The highest BCUT2D eigenvalue weighted by molar-refractivity contribution is 6.24. The second-order valence-electron chi connectivity index (χ2n) is 6.88. The molecule has 6 nitrogen and oxygen atoms in total. The number of nitrogens with one attached hydrogen (secondary N) is 1. The van der Waals surface area contributed by atoms with E-state index in [2.05, 4.69) is 20.3 Å². The fraction of sp³-hybridized carbons (Fsp3) is 0.0455. The molecule has 0 fully saturated rings. The molecule has 150 valence electrons. The Bertz CT molecular complexity index is 1420. The monoisotopic (exact) mass is 417 g/mol. The molecule has 1 aliphatic rings. The number of carbonyl (C=O) groups is 1. The van der Waals surface area contributed by atoms with Gasteiger partial charge in [0.15, 0.2) is 0 Å². The van der Waals surface area contributed by atoms with Crippen molar-refractivity contribution in [2.75, 3.05) is 5.32 Å². The largest absolute Gasteiger partial charge is 0.451 e. The minimum absolute atomic E-state index is 0.187. The Morgan fingerprint density at radius 2 is 1.65 bits per heavy atom. The number of hydrogen-bond acceptors (Lipinski definition) is 6. The molecule has 9 heteroatoms. The number of alkyl halides is 3. The van der Waals surface area contributed by atoms with Gasteiger partial charge in [-0.1, -0.05) is 0 Å². The Balaban J connectivity index is 1.62. The van der Waals surface area contributed by atoms with Crippen molar-refractivity contribution in [1.29, 1.82) is 5.26 Å². The van der Waals surface area contributed by atoms with E-state index < -0.39 is 17.8 Å². The number of hydrogen-bond donors (Lipinski definition) is 1. The van der Waals surface area contributed by atoms with Gasteiger partial charge >= 0.3 is 6.18 Å².